The zero-order chi connectivity index (χ0) is 11.8. The maximum atomic E-state index is 3.80. The molecule has 1 nitrogen and oxygen atoms in total. The summed E-state index contributed by atoms with van der Waals surface area (Å²) in [6.07, 6.45) is 11.4. The number of rotatable bonds is 6. The molecule has 1 saturated carbocycles. The van der Waals surface area contributed by atoms with Crippen LogP contribution in [0.2, 0.25) is 0 Å². The van der Waals surface area contributed by atoms with Gasteiger partial charge in [-0.15, -0.1) is 0 Å². The predicted molar refractivity (Wildman–Crippen MR) is 72.7 cm³/mol. The summed E-state index contributed by atoms with van der Waals surface area (Å²) in [4.78, 5) is 0. The molecule has 0 radical (unpaired) electrons. The minimum absolute atomic E-state index is 0.790. The molecule has 1 fully saturated rings. The van der Waals surface area contributed by atoms with Gasteiger partial charge in [-0.25, -0.2) is 0 Å². The molecule has 0 aromatic carbocycles. The van der Waals surface area contributed by atoms with Crippen molar-refractivity contribution in [2.75, 3.05) is 6.54 Å². The molecule has 1 heteroatoms. The van der Waals surface area contributed by atoms with Crippen LogP contribution in [0.5, 0.6) is 0 Å². The fraction of sp³-hybridized carbons (Fsp3) is 1.00. The Morgan fingerprint density at radius 3 is 2.19 bits per heavy atom. The van der Waals surface area contributed by atoms with Gasteiger partial charge in [0.2, 0.25) is 0 Å². The quantitative estimate of drug-likeness (QED) is 0.662. The van der Waals surface area contributed by atoms with Gasteiger partial charge in [0.25, 0.3) is 0 Å². The minimum Gasteiger partial charge on any atom is -0.314 e. The first kappa shape index (κ1) is 14.0. The Kier molecular flexibility index (Phi) is 7.11. The first-order valence-corrected chi connectivity index (χ1v) is 7.47. The summed E-state index contributed by atoms with van der Waals surface area (Å²) >= 11 is 0. The highest BCUT2D eigenvalue weighted by Crippen LogP contribution is 2.28. The summed E-state index contributed by atoms with van der Waals surface area (Å²) in [7, 11) is 0. The van der Waals surface area contributed by atoms with Crippen molar-refractivity contribution in [3.63, 3.8) is 0 Å². The number of hydrogen-bond donors (Lipinski definition) is 1. The Morgan fingerprint density at radius 1 is 1.06 bits per heavy atom. The van der Waals surface area contributed by atoms with Crippen molar-refractivity contribution in [2.45, 2.75) is 78.2 Å². The molecule has 1 N–H and O–H groups in total. The molecule has 0 heterocycles. The molecule has 1 unspecified atom stereocenters. The maximum absolute atomic E-state index is 3.80. The van der Waals surface area contributed by atoms with Crippen molar-refractivity contribution in [1.29, 1.82) is 0 Å². The molecule has 0 saturated heterocycles. The van der Waals surface area contributed by atoms with Gasteiger partial charge in [0.15, 0.2) is 0 Å². The van der Waals surface area contributed by atoms with Gasteiger partial charge in [-0.05, 0) is 44.1 Å². The average molecular weight is 225 g/mol. The highest BCUT2D eigenvalue weighted by atomic mass is 14.9. The lowest BCUT2D eigenvalue weighted by molar-refractivity contribution is 0.280. The van der Waals surface area contributed by atoms with Crippen molar-refractivity contribution in [1.82, 2.24) is 5.32 Å². The fourth-order valence-corrected chi connectivity index (χ4v) is 2.99. The summed E-state index contributed by atoms with van der Waals surface area (Å²) in [5.74, 6) is 1.79. The third kappa shape index (κ3) is 5.34. The predicted octanol–water partition coefficient (Wildman–Crippen LogP) is 4.37. The lowest BCUT2D eigenvalue weighted by Crippen LogP contribution is -2.37. The Labute approximate surface area is 102 Å². The summed E-state index contributed by atoms with van der Waals surface area (Å²) in [5, 5.41) is 3.80. The van der Waals surface area contributed by atoms with Gasteiger partial charge in [0.05, 0.1) is 0 Å². The fourth-order valence-electron chi connectivity index (χ4n) is 2.99. The van der Waals surface area contributed by atoms with Crippen LogP contribution in [0.25, 0.3) is 0 Å². The van der Waals surface area contributed by atoms with Crippen LogP contribution in [-0.4, -0.2) is 12.6 Å². The van der Waals surface area contributed by atoms with Crippen LogP contribution in [0, 0.1) is 11.8 Å². The zero-order valence-corrected chi connectivity index (χ0v) is 11.6. The first-order valence-electron chi connectivity index (χ1n) is 7.47. The number of nitrogens with one attached hydrogen (secondary N) is 1. The highest BCUT2D eigenvalue weighted by molar-refractivity contribution is 4.79. The normalized spacial score (nSPS) is 21.0. The molecule has 0 aromatic rings. The largest absolute Gasteiger partial charge is 0.314 e. The van der Waals surface area contributed by atoms with E-state index in [0.29, 0.717) is 0 Å². The number of hydrogen-bond acceptors (Lipinski definition) is 1. The molecule has 0 spiro atoms. The molecule has 96 valence electrons. The van der Waals surface area contributed by atoms with Crippen molar-refractivity contribution in [3.8, 4) is 0 Å². The van der Waals surface area contributed by atoms with Crippen molar-refractivity contribution in [2.24, 2.45) is 11.8 Å². The smallest absolute Gasteiger partial charge is 0.00977 e. The minimum atomic E-state index is 0.790. The Balaban J connectivity index is 2.43. The van der Waals surface area contributed by atoms with Gasteiger partial charge in [0, 0.05) is 6.04 Å². The van der Waals surface area contributed by atoms with Crippen LogP contribution < -0.4 is 5.32 Å². The average Bonchev–Trinajstić information content (AvgIpc) is 2.52. The van der Waals surface area contributed by atoms with Gasteiger partial charge in [0.1, 0.15) is 0 Å². The van der Waals surface area contributed by atoms with E-state index < -0.39 is 0 Å². The van der Waals surface area contributed by atoms with E-state index in [-0.39, 0.29) is 0 Å². The third-order valence-corrected chi connectivity index (χ3v) is 3.85. The standard InChI is InChI=1S/C15H31N/c1-4-11-16-15(12-13(2)3)14-9-7-5-6-8-10-14/h13-16H,4-12H2,1-3H3. The van der Waals surface area contributed by atoms with Crippen molar-refractivity contribution >= 4 is 0 Å². The second kappa shape index (κ2) is 8.11. The van der Waals surface area contributed by atoms with Crippen LogP contribution in [0.1, 0.15) is 72.1 Å². The van der Waals surface area contributed by atoms with Gasteiger partial charge in [-0.3, -0.25) is 0 Å². The highest BCUT2D eigenvalue weighted by Gasteiger charge is 2.22. The van der Waals surface area contributed by atoms with Gasteiger partial charge in [-0.1, -0.05) is 46.5 Å². The SMILES string of the molecule is CCCNC(CC(C)C)C1CCCCCC1. The summed E-state index contributed by atoms with van der Waals surface area (Å²) in [6, 6.07) is 0.790. The summed E-state index contributed by atoms with van der Waals surface area (Å²) in [6.45, 7) is 8.19. The van der Waals surface area contributed by atoms with Gasteiger partial charge < -0.3 is 5.32 Å². The van der Waals surface area contributed by atoms with Gasteiger partial charge >= 0.3 is 0 Å². The van der Waals surface area contributed by atoms with Crippen LogP contribution in [0.15, 0.2) is 0 Å². The van der Waals surface area contributed by atoms with Crippen molar-refractivity contribution in [3.05, 3.63) is 0 Å². The molecule has 0 bridgehead atoms. The van der Waals surface area contributed by atoms with E-state index in [1.807, 2.05) is 0 Å². The monoisotopic (exact) mass is 225 g/mol. The summed E-state index contributed by atoms with van der Waals surface area (Å²) < 4.78 is 0. The maximum Gasteiger partial charge on any atom is 0.00977 e. The second-order valence-corrected chi connectivity index (χ2v) is 5.94. The van der Waals surface area contributed by atoms with Crippen molar-refractivity contribution < 1.29 is 0 Å². The van der Waals surface area contributed by atoms with Crippen LogP contribution >= 0.6 is 0 Å². The molecule has 0 aliphatic heterocycles. The Morgan fingerprint density at radius 2 is 1.69 bits per heavy atom. The van der Waals surface area contributed by atoms with E-state index in [2.05, 4.69) is 26.1 Å². The van der Waals surface area contributed by atoms with Crippen LogP contribution in [0.3, 0.4) is 0 Å². The topological polar surface area (TPSA) is 12.0 Å². The van der Waals surface area contributed by atoms with E-state index in [1.165, 1.54) is 57.9 Å². The van der Waals surface area contributed by atoms with E-state index in [9.17, 15) is 0 Å². The lowest BCUT2D eigenvalue weighted by atomic mass is 9.86. The van der Waals surface area contributed by atoms with E-state index in [0.717, 1.165) is 17.9 Å². The molecule has 1 aliphatic carbocycles. The molecule has 1 rings (SSSR count). The second-order valence-electron chi connectivity index (χ2n) is 5.94. The molecular formula is C15H31N. The van der Waals surface area contributed by atoms with E-state index in [1.54, 1.807) is 0 Å². The van der Waals surface area contributed by atoms with Crippen LogP contribution in [-0.2, 0) is 0 Å². The molecule has 16 heavy (non-hydrogen) atoms. The van der Waals surface area contributed by atoms with Crippen LogP contribution in [0.4, 0.5) is 0 Å². The van der Waals surface area contributed by atoms with E-state index in [4.69, 9.17) is 0 Å². The summed E-state index contributed by atoms with van der Waals surface area (Å²) in [5.41, 5.74) is 0. The lowest BCUT2D eigenvalue weighted by Gasteiger charge is -2.28. The molecule has 1 aliphatic rings. The molecule has 0 aromatic heterocycles. The van der Waals surface area contributed by atoms with Gasteiger partial charge in [-0.2, -0.15) is 0 Å². The first-order chi connectivity index (χ1) is 7.74. The zero-order valence-electron chi connectivity index (χ0n) is 11.6. The van der Waals surface area contributed by atoms with E-state index >= 15 is 0 Å². The Bertz CT molecular complexity index is 157. The molecular weight excluding hydrogens is 194 g/mol. The molecule has 1 atom stereocenters. The molecule has 0 amide bonds. The third-order valence-electron chi connectivity index (χ3n) is 3.85. The Hall–Kier alpha value is -0.0400.